The molecule has 0 saturated heterocycles. The third-order valence-electron chi connectivity index (χ3n) is 2.07. The zero-order valence-corrected chi connectivity index (χ0v) is 8.24. The second-order valence-corrected chi connectivity index (χ2v) is 3.52. The maximum atomic E-state index is 10.9. The Labute approximate surface area is 82.6 Å². The minimum atomic E-state index is -0.440. The van der Waals surface area contributed by atoms with Crippen LogP contribution in [0.5, 0.6) is 11.5 Å². The van der Waals surface area contributed by atoms with Crippen LogP contribution in [0.2, 0.25) is 0 Å². The van der Waals surface area contributed by atoms with E-state index in [0.717, 1.165) is 17.1 Å². The summed E-state index contributed by atoms with van der Waals surface area (Å²) in [7, 11) is 0. The van der Waals surface area contributed by atoms with E-state index >= 15 is 0 Å². The van der Waals surface area contributed by atoms with Crippen molar-refractivity contribution in [3.63, 3.8) is 0 Å². The Kier molecular flexibility index (Phi) is 2.15. The van der Waals surface area contributed by atoms with Crippen LogP contribution in [0.15, 0.2) is 18.2 Å². The number of ether oxygens (including phenoxy) is 2. The molecule has 2 rings (SSSR count). The number of Topliss-reactive ketones (excluding diaryl/α,β-unsaturated/α-hetero) is 1. The Morgan fingerprint density at radius 3 is 2.79 bits per heavy atom. The molecule has 1 atom stereocenters. The van der Waals surface area contributed by atoms with Crippen LogP contribution in [0.1, 0.15) is 18.9 Å². The molecular weight excluding hydrogens is 180 g/mol. The second-order valence-electron chi connectivity index (χ2n) is 3.52. The molecule has 3 heteroatoms. The number of hydrogen-bond acceptors (Lipinski definition) is 3. The van der Waals surface area contributed by atoms with Gasteiger partial charge < -0.3 is 9.47 Å². The van der Waals surface area contributed by atoms with Gasteiger partial charge in [0.15, 0.2) is 11.5 Å². The highest BCUT2D eigenvalue weighted by atomic mass is 16.7. The van der Waals surface area contributed by atoms with E-state index in [4.69, 9.17) is 9.47 Å². The lowest BCUT2D eigenvalue weighted by Gasteiger charge is -2.06. The molecule has 0 N–H and O–H groups in total. The van der Waals surface area contributed by atoms with E-state index in [1.54, 1.807) is 0 Å². The highest BCUT2D eigenvalue weighted by Gasteiger charge is 2.24. The van der Waals surface area contributed by atoms with Crippen molar-refractivity contribution in [3.8, 4) is 11.5 Å². The van der Waals surface area contributed by atoms with Gasteiger partial charge >= 0.3 is 0 Å². The van der Waals surface area contributed by atoms with Gasteiger partial charge in [0.2, 0.25) is 6.29 Å². The first-order chi connectivity index (χ1) is 6.65. The number of aryl methyl sites for hydroxylation is 1. The summed E-state index contributed by atoms with van der Waals surface area (Å²) in [6.45, 7) is 3.52. The second kappa shape index (κ2) is 3.33. The average molecular weight is 192 g/mol. The number of benzene rings is 1. The van der Waals surface area contributed by atoms with Gasteiger partial charge in [-0.3, -0.25) is 4.79 Å². The smallest absolute Gasteiger partial charge is 0.248 e. The summed E-state index contributed by atoms with van der Waals surface area (Å²) in [5.41, 5.74) is 1.12. The first-order valence-electron chi connectivity index (χ1n) is 4.58. The third kappa shape index (κ3) is 1.71. The fourth-order valence-electron chi connectivity index (χ4n) is 1.43. The van der Waals surface area contributed by atoms with Gasteiger partial charge in [-0.05, 0) is 31.5 Å². The molecule has 74 valence electrons. The zero-order chi connectivity index (χ0) is 10.1. The van der Waals surface area contributed by atoms with Gasteiger partial charge in [0.1, 0.15) is 5.78 Å². The summed E-state index contributed by atoms with van der Waals surface area (Å²) < 4.78 is 10.9. The van der Waals surface area contributed by atoms with Crippen molar-refractivity contribution in [2.24, 2.45) is 0 Å². The van der Waals surface area contributed by atoms with Gasteiger partial charge in [0, 0.05) is 0 Å². The van der Waals surface area contributed by atoms with E-state index < -0.39 is 6.29 Å². The quantitative estimate of drug-likeness (QED) is 0.719. The molecule has 3 nitrogen and oxygen atoms in total. The summed E-state index contributed by atoms with van der Waals surface area (Å²) in [6.07, 6.45) is -0.141. The molecule has 0 aromatic heterocycles. The maximum Gasteiger partial charge on any atom is 0.248 e. The highest BCUT2D eigenvalue weighted by molar-refractivity contribution is 5.76. The number of carbonyl (C=O) groups excluding carboxylic acids is 1. The first kappa shape index (κ1) is 9.06. The topological polar surface area (TPSA) is 35.5 Å². The molecule has 1 aromatic rings. The van der Waals surface area contributed by atoms with Crippen LogP contribution in [0.25, 0.3) is 0 Å². The van der Waals surface area contributed by atoms with Gasteiger partial charge in [-0.1, -0.05) is 6.07 Å². The van der Waals surface area contributed by atoms with Crippen LogP contribution in [0, 0.1) is 6.92 Å². The Hall–Kier alpha value is -1.51. The van der Waals surface area contributed by atoms with Crippen molar-refractivity contribution in [2.45, 2.75) is 26.6 Å². The number of ketones is 1. The van der Waals surface area contributed by atoms with E-state index in [2.05, 4.69) is 0 Å². The number of hydrogen-bond donors (Lipinski definition) is 0. The molecule has 0 amide bonds. The summed E-state index contributed by atoms with van der Waals surface area (Å²) in [4.78, 5) is 10.9. The fourth-order valence-corrected chi connectivity index (χ4v) is 1.43. The predicted octanol–water partition coefficient (Wildman–Crippen LogP) is 2.07. The van der Waals surface area contributed by atoms with Crippen LogP contribution < -0.4 is 9.47 Å². The van der Waals surface area contributed by atoms with Gasteiger partial charge in [-0.15, -0.1) is 0 Å². The number of rotatable bonds is 2. The van der Waals surface area contributed by atoms with Crippen molar-refractivity contribution in [1.82, 2.24) is 0 Å². The summed E-state index contributed by atoms with van der Waals surface area (Å²) in [6, 6.07) is 5.73. The van der Waals surface area contributed by atoms with Crippen molar-refractivity contribution in [2.75, 3.05) is 0 Å². The van der Waals surface area contributed by atoms with Crippen molar-refractivity contribution >= 4 is 5.78 Å². The molecule has 14 heavy (non-hydrogen) atoms. The van der Waals surface area contributed by atoms with E-state index in [9.17, 15) is 4.79 Å². The Balaban J connectivity index is 2.14. The first-order valence-corrected chi connectivity index (χ1v) is 4.58. The molecule has 0 radical (unpaired) electrons. The minimum absolute atomic E-state index is 0.0690. The molecule has 0 aliphatic carbocycles. The molecule has 1 aliphatic heterocycles. The molecule has 0 fully saturated rings. The summed E-state index contributed by atoms with van der Waals surface area (Å²) in [5.74, 6) is 1.53. The van der Waals surface area contributed by atoms with Crippen molar-refractivity contribution in [3.05, 3.63) is 23.8 Å². The molecule has 0 spiro atoms. The third-order valence-corrected chi connectivity index (χ3v) is 2.07. The van der Waals surface area contributed by atoms with Crippen LogP contribution in [0.3, 0.4) is 0 Å². The molecule has 1 aliphatic rings. The SMILES string of the molecule is CC(=O)CC1Oc2ccc(C)cc2O1. The summed E-state index contributed by atoms with van der Waals surface area (Å²) in [5, 5.41) is 0. The number of fused-ring (bicyclic) bond motifs is 1. The van der Waals surface area contributed by atoms with Gasteiger partial charge in [0.25, 0.3) is 0 Å². The molecule has 1 heterocycles. The average Bonchev–Trinajstić information content (AvgIpc) is 2.44. The molecular formula is C11H12O3. The van der Waals surface area contributed by atoms with Crippen molar-refractivity contribution in [1.29, 1.82) is 0 Å². The lowest BCUT2D eigenvalue weighted by molar-refractivity contribution is -0.120. The van der Waals surface area contributed by atoms with Crippen LogP contribution in [-0.4, -0.2) is 12.1 Å². The van der Waals surface area contributed by atoms with E-state index in [0.29, 0.717) is 6.42 Å². The van der Waals surface area contributed by atoms with Crippen LogP contribution in [-0.2, 0) is 4.79 Å². The zero-order valence-electron chi connectivity index (χ0n) is 8.24. The van der Waals surface area contributed by atoms with Gasteiger partial charge in [-0.2, -0.15) is 0 Å². The Morgan fingerprint density at radius 2 is 2.07 bits per heavy atom. The normalized spacial score (nSPS) is 18.3. The maximum absolute atomic E-state index is 10.9. The van der Waals surface area contributed by atoms with Gasteiger partial charge in [0.05, 0.1) is 6.42 Å². The van der Waals surface area contributed by atoms with E-state index in [1.807, 2.05) is 25.1 Å². The number of carbonyl (C=O) groups is 1. The van der Waals surface area contributed by atoms with E-state index in [1.165, 1.54) is 6.92 Å². The predicted molar refractivity (Wildman–Crippen MR) is 51.5 cm³/mol. The Bertz CT molecular complexity index is 371. The monoisotopic (exact) mass is 192 g/mol. The largest absolute Gasteiger partial charge is 0.451 e. The van der Waals surface area contributed by atoms with E-state index in [-0.39, 0.29) is 5.78 Å². The molecule has 0 bridgehead atoms. The van der Waals surface area contributed by atoms with Crippen LogP contribution in [0.4, 0.5) is 0 Å². The summed E-state index contributed by atoms with van der Waals surface area (Å²) >= 11 is 0. The lowest BCUT2D eigenvalue weighted by atomic mass is 10.2. The Morgan fingerprint density at radius 1 is 1.36 bits per heavy atom. The minimum Gasteiger partial charge on any atom is -0.451 e. The van der Waals surface area contributed by atoms with Crippen molar-refractivity contribution < 1.29 is 14.3 Å². The van der Waals surface area contributed by atoms with Crippen LogP contribution >= 0.6 is 0 Å². The standard InChI is InChI=1S/C11H12O3/c1-7-3-4-9-10(5-7)14-11(13-9)6-8(2)12/h3-5,11H,6H2,1-2H3. The molecule has 1 aromatic carbocycles. The lowest BCUT2D eigenvalue weighted by Crippen LogP contribution is -2.20. The molecule has 1 unspecified atom stereocenters. The highest BCUT2D eigenvalue weighted by Crippen LogP contribution is 2.35. The fraction of sp³-hybridized carbons (Fsp3) is 0.364. The van der Waals surface area contributed by atoms with Gasteiger partial charge in [-0.25, -0.2) is 0 Å². The molecule has 0 saturated carbocycles.